The normalized spacial score (nSPS) is 10.9. The number of nitrogens with two attached hydrogens (primary N) is 1. The van der Waals surface area contributed by atoms with Gasteiger partial charge in [-0.2, -0.15) is 10.4 Å². The number of aryl methyl sites for hydroxylation is 2. The van der Waals surface area contributed by atoms with Crippen LogP contribution in [-0.2, 0) is 0 Å². The summed E-state index contributed by atoms with van der Waals surface area (Å²) in [6.45, 7) is 4.13. The lowest BCUT2D eigenvalue weighted by Crippen LogP contribution is -2.21. The molecule has 0 saturated heterocycles. The second-order valence-corrected chi connectivity index (χ2v) is 5.05. The molecule has 0 radical (unpaired) electrons. The van der Waals surface area contributed by atoms with Crippen molar-refractivity contribution in [2.75, 3.05) is 5.43 Å². The quantitative estimate of drug-likeness (QED) is 0.458. The van der Waals surface area contributed by atoms with Crippen molar-refractivity contribution in [3.63, 3.8) is 0 Å². The summed E-state index contributed by atoms with van der Waals surface area (Å²) >= 11 is 0. The Kier molecular flexibility index (Phi) is 4.54. The third-order valence-electron chi connectivity index (χ3n) is 3.08. The van der Waals surface area contributed by atoms with Crippen molar-refractivity contribution in [2.24, 2.45) is 10.8 Å². The SMILES string of the molecule is Cc1cc(C)cc(-c2cccc(N/N=C(\C#N)C(=N)N)c2)c1. The number of nitrogens with zero attached hydrogens (tertiary/aromatic N) is 2. The molecule has 0 aliphatic heterocycles. The standard InChI is InChI=1S/C17H17N5/c1-11-6-12(2)8-14(7-11)13-4-3-5-15(9-13)21-22-16(10-18)17(19)20/h3-9,21H,1-2H3,(H3,19,20)/b22-16+. The minimum atomic E-state index is -0.361. The molecule has 5 nitrogen and oxygen atoms in total. The lowest BCUT2D eigenvalue weighted by molar-refractivity contribution is 1.33. The van der Waals surface area contributed by atoms with E-state index in [4.69, 9.17) is 16.4 Å². The van der Waals surface area contributed by atoms with Gasteiger partial charge in [0, 0.05) is 0 Å². The highest BCUT2D eigenvalue weighted by Crippen LogP contribution is 2.24. The average Bonchev–Trinajstić information content (AvgIpc) is 2.47. The highest BCUT2D eigenvalue weighted by atomic mass is 15.3. The van der Waals surface area contributed by atoms with E-state index in [9.17, 15) is 0 Å². The van der Waals surface area contributed by atoms with Gasteiger partial charge in [0.15, 0.2) is 5.84 Å². The van der Waals surface area contributed by atoms with E-state index in [-0.39, 0.29) is 11.5 Å². The van der Waals surface area contributed by atoms with E-state index in [1.165, 1.54) is 11.1 Å². The lowest BCUT2D eigenvalue weighted by atomic mass is 10.0. The van der Waals surface area contributed by atoms with E-state index in [2.05, 4.69) is 42.6 Å². The van der Waals surface area contributed by atoms with Gasteiger partial charge in [0.2, 0.25) is 5.71 Å². The predicted octanol–water partition coefficient (Wildman–Crippen LogP) is 3.20. The zero-order valence-corrected chi connectivity index (χ0v) is 12.5. The maximum absolute atomic E-state index is 8.83. The van der Waals surface area contributed by atoms with Crippen LogP contribution >= 0.6 is 0 Å². The van der Waals surface area contributed by atoms with Gasteiger partial charge in [-0.15, -0.1) is 0 Å². The van der Waals surface area contributed by atoms with Crippen LogP contribution in [0.2, 0.25) is 0 Å². The second kappa shape index (κ2) is 6.55. The van der Waals surface area contributed by atoms with Crippen molar-refractivity contribution in [3.8, 4) is 17.2 Å². The van der Waals surface area contributed by atoms with Crippen molar-refractivity contribution in [2.45, 2.75) is 13.8 Å². The number of hydrogen-bond acceptors (Lipinski definition) is 4. The predicted molar refractivity (Wildman–Crippen MR) is 89.9 cm³/mol. The van der Waals surface area contributed by atoms with Crippen LogP contribution in [0, 0.1) is 30.6 Å². The van der Waals surface area contributed by atoms with E-state index >= 15 is 0 Å². The van der Waals surface area contributed by atoms with Gasteiger partial charge >= 0.3 is 0 Å². The highest BCUT2D eigenvalue weighted by Gasteiger charge is 2.03. The Balaban J connectivity index is 2.31. The first-order chi connectivity index (χ1) is 10.5. The van der Waals surface area contributed by atoms with Crippen LogP contribution in [0.3, 0.4) is 0 Å². The molecule has 0 spiro atoms. The van der Waals surface area contributed by atoms with E-state index < -0.39 is 0 Å². The van der Waals surface area contributed by atoms with Gasteiger partial charge in [0.05, 0.1) is 5.69 Å². The minimum Gasteiger partial charge on any atom is -0.382 e. The highest BCUT2D eigenvalue weighted by molar-refractivity contribution is 6.45. The van der Waals surface area contributed by atoms with Crippen molar-refractivity contribution >= 4 is 17.2 Å². The maximum atomic E-state index is 8.83. The Bertz CT molecular complexity index is 764. The zero-order valence-electron chi connectivity index (χ0n) is 12.5. The molecule has 0 amide bonds. The zero-order chi connectivity index (χ0) is 16.1. The van der Waals surface area contributed by atoms with Crippen LogP contribution in [0.1, 0.15) is 11.1 Å². The Morgan fingerprint density at radius 2 is 1.82 bits per heavy atom. The third kappa shape index (κ3) is 3.70. The van der Waals surface area contributed by atoms with Gasteiger partial charge in [-0.3, -0.25) is 10.8 Å². The van der Waals surface area contributed by atoms with Gasteiger partial charge in [-0.1, -0.05) is 41.5 Å². The fraction of sp³-hybridized carbons (Fsp3) is 0.118. The summed E-state index contributed by atoms with van der Waals surface area (Å²) in [6.07, 6.45) is 0. The molecule has 0 unspecified atom stereocenters. The first kappa shape index (κ1) is 15.3. The molecule has 0 bridgehead atoms. The maximum Gasteiger partial charge on any atom is 0.201 e. The number of anilines is 1. The van der Waals surface area contributed by atoms with Gasteiger partial charge in [0.1, 0.15) is 6.07 Å². The molecule has 2 rings (SSSR count). The van der Waals surface area contributed by atoms with Crippen LogP contribution < -0.4 is 11.2 Å². The van der Waals surface area contributed by atoms with Gasteiger partial charge in [0.25, 0.3) is 0 Å². The topological polar surface area (TPSA) is 98.0 Å². The summed E-state index contributed by atoms with van der Waals surface area (Å²) in [5.74, 6) is -0.361. The molecule has 4 N–H and O–H groups in total. The van der Waals surface area contributed by atoms with Crippen molar-refractivity contribution in [3.05, 3.63) is 53.6 Å². The smallest absolute Gasteiger partial charge is 0.201 e. The summed E-state index contributed by atoms with van der Waals surface area (Å²) in [5.41, 5.74) is 13.2. The van der Waals surface area contributed by atoms with Crippen LogP contribution in [0.15, 0.2) is 47.6 Å². The Hall–Kier alpha value is -3.13. The van der Waals surface area contributed by atoms with Gasteiger partial charge in [-0.05, 0) is 37.1 Å². The molecule has 2 aromatic rings. The molecule has 0 aliphatic carbocycles. The summed E-state index contributed by atoms with van der Waals surface area (Å²) in [5, 5.41) is 19.9. The van der Waals surface area contributed by atoms with Crippen LogP contribution in [-0.4, -0.2) is 11.5 Å². The Labute approximate surface area is 129 Å². The molecule has 5 heteroatoms. The van der Waals surface area contributed by atoms with Crippen molar-refractivity contribution < 1.29 is 0 Å². The Morgan fingerprint density at radius 3 is 2.41 bits per heavy atom. The molecule has 2 aromatic carbocycles. The van der Waals surface area contributed by atoms with Crippen LogP contribution in [0.5, 0.6) is 0 Å². The third-order valence-corrected chi connectivity index (χ3v) is 3.08. The summed E-state index contributed by atoms with van der Waals surface area (Å²) < 4.78 is 0. The number of nitriles is 1. The van der Waals surface area contributed by atoms with Crippen molar-refractivity contribution in [1.82, 2.24) is 0 Å². The molecular weight excluding hydrogens is 274 g/mol. The van der Waals surface area contributed by atoms with E-state index in [0.717, 1.165) is 16.8 Å². The van der Waals surface area contributed by atoms with Crippen LogP contribution in [0.25, 0.3) is 11.1 Å². The minimum absolute atomic E-state index is 0.142. The number of rotatable bonds is 4. The molecule has 0 aliphatic rings. The van der Waals surface area contributed by atoms with Crippen LogP contribution in [0.4, 0.5) is 5.69 Å². The Morgan fingerprint density at radius 1 is 1.14 bits per heavy atom. The number of hydrazone groups is 1. The summed E-state index contributed by atoms with van der Waals surface area (Å²) in [4.78, 5) is 0. The molecule has 22 heavy (non-hydrogen) atoms. The van der Waals surface area contributed by atoms with E-state index in [1.54, 1.807) is 6.07 Å². The average molecular weight is 291 g/mol. The number of benzene rings is 2. The first-order valence-corrected chi connectivity index (χ1v) is 6.76. The lowest BCUT2D eigenvalue weighted by Gasteiger charge is -2.08. The fourth-order valence-electron chi connectivity index (χ4n) is 2.18. The molecule has 0 aromatic heterocycles. The monoisotopic (exact) mass is 291 g/mol. The fourth-order valence-corrected chi connectivity index (χ4v) is 2.18. The second-order valence-electron chi connectivity index (χ2n) is 5.05. The number of amidine groups is 1. The first-order valence-electron chi connectivity index (χ1n) is 6.76. The van der Waals surface area contributed by atoms with Gasteiger partial charge < -0.3 is 5.73 Å². The number of hydrogen-bond donors (Lipinski definition) is 3. The largest absolute Gasteiger partial charge is 0.382 e. The molecule has 110 valence electrons. The molecule has 0 atom stereocenters. The summed E-state index contributed by atoms with van der Waals surface area (Å²) in [6, 6.07) is 15.8. The van der Waals surface area contributed by atoms with E-state index in [1.807, 2.05) is 24.3 Å². The van der Waals surface area contributed by atoms with Crippen molar-refractivity contribution in [1.29, 1.82) is 10.7 Å². The number of nitrogens with one attached hydrogen (secondary N) is 2. The molecule has 0 fully saturated rings. The summed E-state index contributed by atoms with van der Waals surface area (Å²) in [7, 11) is 0. The van der Waals surface area contributed by atoms with E-state index in [0.29, 0.717) is 0 Å². The molecular formula is C17H17N5. The molecule has 0 saturated carbocycles. The molecule has 0 heterocycles. The van der Waals surface area contributed by atoms with Gasteiger partial charge in [-0.25, -0.2) is 0 Å².